The number of imidazole rings is 1. The molecule has 2 N–H and O–H groups in total. The van der Waals surface area contributed by atoms with Gasteiger partial charge >= 0.3 is 0 Å². The third kappa shape index (κ3) is 4.54. The molecule has 0 aliphatic heterocycles. The maximum Gasteiger partial charge on any atom is 0.238 e. The molecule has 0 spiro atoms. The first-order chi connectivity index (χ1) is 13.0. The molecule has 0 radical (unpaired) electrons. The van der Waals surface area contributed by atoms with E-state index in [9.17, 15) is 4.79 Å². The van der Waals surface area contributed by atoms with Crippen LogP contribution in [0.2, 0.25) is 0 Å². The van der Waals surface area contributed by atoms with Crippen molar-refractivity contribution in [2.24, 2.45) is 5.92 Å². The molecule has 0 unspecified atom stereocenters. The lowest BCUT2D eigenvalue weighted by atomic mass is 10.1. The van der Waals surface area contributed by atoms with Gasteiger partial charge in [-0.1, -0.05) is 25.6 Å². The highest BCUT2D eigenvalue weighted by atomic mass is 32.2. The molecule has 0 aliphatic rings. The van der Waals surface area contributed by atoms with Crippen LogP contribution >= 0.6 is 11.8 Å². The van der Waals surface area contributed by atoms with E-state index in [1.807, 2.05) is 56.3 Å². The second-order valence-electron chi connectivity index (χ2n) is 6.43. The number of aromatic amines is 1. The van der Waals surface area contributed by atoms with Crippen LogP contribution in [0.25, 0.3) is 11.0 Å². The Hall–Kier alpha value is -2.67. The lowest BCUT2D eigenvalue weighted by Gasteiger charge is -2.18. The average molecular weight is 385 g/mol. The molecule has 0 saturated carbocycles. The number of aromatic nitrogens is 2. The fourth-order valence-corrected chi connectivity index (χ4v) is 3.65. The van der Waals surface area contributed by atoms with Gasteiger partial charge in [0.1, 0.15) is 11.5 Å². The van der Waals surface area contributed by atoms with Crippen LogP contribution in [0, 0.1) is 5.92 Å². The number of amides is 1. The van der Waals surface area contributed by atoms with Crippen molar-refractivity contribution in [3.05, 3.63) is 42.5 Å². The molecule has 7 heteroatoms. The van der Waals surface area contributed by atoms with Crippen molar-refractivity contribution in [1.29, 1.82) is 0 Å². The molecule has 2 aromatic carbocycles. The number of anilines is 1. The SMILES string of the molecule is COc1ccc(NC(=O)[C@H](Sc2nc3ccc(OC)cc3[nH]2)C(C)C)cc1. The van der Waals surface area contributed by atoms with E-state index in [2.05, 4.69) is 15.3 Å². The number of nitrogens with one attached hydrogen (secondary N) is 2. The van der Waals surface area contributed by atoms with Crippen molar-refractivity contribution in [2.45, 2.75) is 24.3 Å². The zero-order chi connectivity index (χ0) is 19.4. The summed E-state index contributed by atoms with van der Waals surface area (Å²) in [7, 11) is 3.24. The molecule has 1 amide bonds. The standard InChI is InChI=1S/C20H23N3O3S/c1-12(2)18(19(24)21-13-5-7-14(25-3)8-6-13)27-20-22-16-10-9-15(26-4)11-17(16)23-20/h5-12,18H,1-4H3,(H,21,24)(H,22,23)/t18-/m1/s1. The fraction of sp³-hybridized carbons (Fsp3) is 0.300. The zero-order valence-corrected chi connectivity index (χ0v) is 16.6. The van der Waals surface area contributed by atoms with E-state index in [-0.39, 0.29) is 17.1 Å². The van der Waals surface area contributed by atoms with Gasteiger partial charge in [0.15, 0.2) is 5.16 Å². The van der Waals surface area contributed by atoms with Gasteiger partial charge in [-0.05, 0) is 42.3 Å². The Bertz CT molecular complexity index is 922. The lowest BCUT2D eigenvalue weighted by Crippen LogP contribution is -2.29. The molecule has 3 rings (SSSR count). The van der Waals surface area contributed by atoms with Gasteiger partial charge in [0.25, 0.3) is 0 Å². The Morgan fingerprint density at radius 3 is 2.37 bits per heavy atom. The summed E-state index contributed by atoms with van der Waals surface area (Å²) in [5.74, 6) is 1.59. The summed E-state index contributed by atoms with van der Waals surface area (Å²) in [6.07, 6.45) is 0. The first kappa shape index (κ1) is 19.1. The van der Waals surface area contributed by atoms with Crippen molar-refractivity contribution in [1.82, 2.24) is 9.97 Å². The number of nitrogens with zero attached hydrogens (tertiary/aromatic N) is 1. The van der Waals surface area contributed by atoms with E-state index < -0.39 is 0 Å². The Morgan fingerprint density at radius 1 is 1.07 bits per heavy atom. The van der Waals surface area contributed by atoms with E-state index in [0.717, 1.165) is 28.2 Å². The number of thioether (sulfide) groups is 1. The summed E-state index contributed by atoms with van der Waals surface area (Å²) >= 11 is 1.43. The highest BCUT2D eigenvalue weighted by Crippen LogP contribution is 2.30. The minimum Gasteiger partial charge on any atom is -0.497 e. The minimum atomic E-state index is -0.283. The first-order valence-corrected chi connectivity index (χ1v) is 9.53. The molecule has 1 aromatic heterocycles. The predicted molar refractivity (Wildman–Crippen MR) is 109 cm³/mol. The number of ether oxygens (including phenoxy) is 2. The topological polar surface area (TPSA) is 76.2 Å². The highest BCUT2D eigenvalue weighted by Gasteiger charge is 2.25. The third-order valence-electron chi connectivity index (χ3n) is 4.13. The van der Waals surface area contributed by atoms with Crippen LogP contribution in [0.4, 0.5) is 5.69 Å². The van der Waals surface area contributed by atoms with Crippen molar-refractivity contribution in [2.75, 3.05) is 19.5 Å². The van der Waals surface area contributed by atoms with Crippen LogP contribution < -0.4 is 14.8 Å². The van der Waals surface area contributed by atoms with Crippen LogP contribution in [0.1, 0.15) is 13.8 Å². The molecule has 142 valence electrons. The largest absolute Gasteiger partial charge is 0.497 e. The van der Waals surface area contributed by atoms with Crippen LogP contribution in [0.5, 0.6) is 11.5 Å². The van der Waals surface area contributed by atoms with Gasteiger partial charge in [-0.2, -0.15) is 0 Å². The lowest BCUT2D eigenvalue weighted by molar-refractivity contribution is -0.116. The van der Waals surface area contributed by atoms with Crippen molar-refractivity contribution in [3.8, 4) is 11.5 Å². The number of H-pyrrole nitrogens is 1. The summed E-state index contributed by atoms with van der Waals surface area (Å²) in [4.78, 5) is 20.6. The van der Waals surface area contributed by atoms with E-state index in [0.29, 0.717) is 5.16 Å². The minimum absolute atomic E-state index is 0.0572. The Labute approximate surface area is 162 Å². The average Bonchev–Trinajstić information content (AvgIpc) is 3.08. The molecular weight excluding hydrogens is 362 g/mol. The fourth-order valence-electron chi connectivity index (χ4n) is 2.65. The summed E-state index contributed by atoms with van der Waals surface area (Å²) in [5, 5.41) is 3.40. The van der Waals surface area contributed by atoms with Gasteiger partial charge in [-0.3, -0.25) is 4.79 Å². The van der Waals surface area contributed by atoms with Gasteiger partial charge < -0.3 is 19.8 Å². The van der Waals surface area contributed by atoms with Gasteiger partial charge in [-0.25, -0.2) is 4.98 Å². The number of rotatable bonds is 7. The Balaban J connectivity index is 1.75. The second-order valence-corrected chi connectivity index (χ2v) is 7.56. The van der Waals surface area contributed by atoms with Crippen molar-refractivity contribution in [3.63, 3.8) is 0 Å². The number of hydrogen-bond acceptors (Lipinski definition) is 5. The molecule has 1 heterocycles. The van der Waals surface area contributed by atoms with Crippen LogP contribution in [-0.2, 0) is 4.79 Å². The van der Waals surface area contributed by atoms with Crippen LogP contribution in [0.15, 0.2) is 47.6 Å². The molecule has 6 nitrogen and oxygen atoms in total. The Morgan fingerprint density at radius 2 is 1.74 bits per heavy atom. The number of carbonyl (C=O) groups excluding carboxylic acids is 1. The van der Waals surface area contributed by atoms with Gasteiger partial charge in [0.05, 0.1) is 30.5 Å². The molecule has 0 fully saturated rings. The smallest absolute Gasteiger partial charge is 0.238 e. The molecule has 3 aromatic rings. The molecule has 27 heavy (non-hydrogen) atoms. The van der Waals surface area contributed by atoms with E-state index in [4.69, 9.17) is 9.47 Å². The van der Waals surface area contributed by atoms with Gasteiger partial charge in [-0.15, -0.1) is 0 Å². The number of fused-ring (bicyclic) bond motifs is 1. The quantitative estimate of drug-likeness (QED) is 0.592. The zero-order valence-electron chi connectivity index (χ0n) is 15.8. The number of methoxy groups -OCH3 is 2. The number of benzene rings is 2. The van der Waals surface area contributed by atoms with Crippen LogP contribution in [-0.4, -0.2) is 35.3 Å². The van der Waals surface area contributed by atoms with Gasteiger partial charge in [0, 0.05) is 11.8 Å². The summed E-state index contributed by atoms with van der Waals surface area (Å²) in [6.45, 7) is 4.05. The number of carbonyl (C=O) groups is 1. The van der Waals surface area contributed by atoms with Gasteiger partial charge in [0.2, 0.25) is 5.91 Å². The van der Waals surface area contributed by atoms with E-state index >= 15 is 0 Å². The maximum atomic E-state index is 12.8. The van der Waals surface area contributed by atoms with E-state index in [1.165, 1.54) is 11.8 Å². The monoisotopic (exact) mass is 385 g/mol. The van der Waals surface area contributed by atoms with E-state index in [1.54, 1.807) is 14.2 Å². The molecule has 1 atom stereocenters. The molecule has 0 saturated heterocycles. The summed E-state index contributed by atoms with van der Waals surface area (Å²) < 4.78 is 10.4. The maximum absolute atomic E-state index is 12.8. The Kier molecular flexibility index (Phi) is 5.91. The predicted octanol–water partition coefficient (Wildman–Crippen LogP) is 4.34. The second kappa shape index (κ2) is 8.35. The highest BCUT2D eigenvalue weighted by molar-refractivity contribution is 8.00. The van der Waals surface area contributed by atoms with Crippen LogP contribution in [0.3, 0.4) is 0 Å². The third-order valence-corrected chi connectivity index (χ3v) is 5.56. The number of hydrogen-bond donors (Lipinski definition) is 2. The summed E-state index contributed by atoms with van der Waals surface area (Å²) in [6, 6.07) is 13.0. The normalized spacial score (nSPS) is 12.2. The first-order valence-electron chi connectivity index (χ1n) is 8.65. The summed E-state index contributed by atoms with van der Waals surface area (Å²) in [5.41, 5.74) is 2.47. The van der Waals surface area contributed by atoms with Crippen molar-refractivity contribution < 1.29 is 14.3 Å². The molecule has 0 aliphatic carbocycles. The molecular formula is C20H23N3O3S. The van der Waals surface area contributed by atoms with Crippen molar-refractivity contribution >= 4 is 34.4 Å². The molecule has 0 bridgehead atoms.